The third kappa shape index (κ3) is 3.71. The molecule has 1 aromatic heterocycles. The minimum Gasteiger partial charge on any atom is -0.469 e. The van der Waals surface area contributed by atoms with Gasteiger partial charge in [-0.05, 0) is 6.92 Å². The van der Waals surface area contributed by atoms with E-state index in [0.29, 0.717) is 19.5 Å². The summed E-state index contributed by atoms with van der Waals surface area (Å²) < 4.78 is 6.59. The maximum absolute atomic E-state index is 10.8. The first-order valence-corrected chi connectivity index (χ1v) is 5.05. The van der Waals surface area contributed by atoms with Gasteiger partial charge in [0.05, 0.1) is 20.1 Å². The minimum absolute atomic E-state index is 0.193. The van der Waals surface area contributed by atoms with E-state index in [2.05, 4.69) is 26.5 Å². The number of rotatable bonds is 6. The number of hydrogen-bond acceptors (Lipinski definition) is 4. The number of nitrogens with zero attached hydrogens (tertiary/aromatic N) is 2. The molecule has 0 radical (unpaired) electrons. The van der Waals surface area contributed by atoms with E-state index in [9.17, 15) is 4.79 Å². The summed E-state index contributed by atoms with van der Waals surface area (Å²) in [7, 11) is 1.39. The second-order valence-electron chi connectivity index (χ2n) is 3.13. The zero-order chi connectivity index (χ0) is 11.1. The summed E-state index contributed by atoms with van der Waals surface area (Å²) >= 11 is 0. The molecule has 0 unspecified atom stereocenters. The minimum atomic E-state index is -0.193. The van der Waals surface area contributed by atoms with Gasteiger partial charge in [0, 0.05) is 25.5 Å². The smallest absolute Gasteiger partial charge is 0.306 e. The Hall–Kier alpha value is -1.36. The molecule has 0 aliphatic heterocycles. The lowest BCUT2D eigenvalue weighted by Crippen LogP contribution is -2.20. The van der Waals surface area contributed by atoms with Crippen LogP contribution in [0.4, 0.5) is 0 Å². The summed E-state index contributed by atoms with van der Waals surface area (Å²) in [5, 5.41) is 3.14. The van der Waals surface area contributed by atoms with Gasteiger partial charge in [-0.2, -0.15) is 0 Å². The Morgan fingerprint density at radius 3 is 3.13 bits per heavy atom. The predicted octanol–water partition coefficient (Wildman–Crippen LogP) is 0.556. The van der Waals surface area contributed by atoms with Crippen LogP contribution in [0.1, 0.15) is 19.2 Å². The zero-order valence-electron chi connectivity index (χ0n) is 9.19. The highest BCUT2D eigenvalue weighted by molar-refractivity contribution is 5.69. The number of methoxy groups -OCH3 is 1. The molecule has 0 aliphatic rings. The molecule has 0 aliphatic carbocycles. The maximum Gasteiger partial charge on any atom is 0.306 e. The molecular formula is C10H17N3O2. The first-order valence-electron chi connectivity index (χ1n) is 5.05. The van der Waals surface area contributed by atoms with Crippen LogP contribution >= 0.6 is 0 Å². The summed E-state index contributed by atoms with van der Waals surface area (Å²) in [5.74, 6) is 0.795. The van der Waals surface area contributed by atoms with Gasteiger partial charge in [-0.15, -0.1) is 0 Å². The van der Waals surface area contributed by atoms with Gasteiger partial charge in [-0.1, -0.05) is 0 Å². The second-order valence-corrected chi connectivity index (χ2v) is 3.13. The van der Waals surface area contributed by atoms with Crippen molar-refractivity contribution in [3.05, 3.63) is 18.2 Å². The molecule has 15 heavy (non-hydrogen) atoms. The molecule has 1 N–H and O–H groups in total. The molecule has 5 heteroatoms. The van der Waals surface area contributed by atoms with Crippen molar-refractivity contribution in [2.24, 2.45) is 0 Å². The number of esters is 1. The van der Waals surface area contributed by atoms with Gasteiger partial charge in [0.2, 0.25) is 0 Å². The summed E-state index contributed by atoms with van der Waals surface area (Å²) in [6.45, 7) is 4.27. The van der Waals surface area contributed by atoms with E-state index in [-0.39, 0.29) is 5.97 Å². The van der Waals surface area contributed by atoms with Crippen molar-refractivity contribution in [2.45, 2.75) is 26.4 Å². The largest absolute Gasteiger partial charge is 0.469 e. The molecule has 0 fully saturated rings. The topological polar surface area (TPSA) is 56.2 Å². The van der Waals surface area contributed by atoms with Crippen LogP contribution in [0.15, 0.2) is 12.4 Å². The average Bonchev–Trinajstić information content (AvgIpc) is 2.71. The van der Waals surface area contributed by atoms with E-state index in [1.165, 1.54) is 7.11 Å². The lowest BCUT2D eigenvalue weighted by atomic mass is 10.4. The Morgan fingerprint density at radius 2 is 2.47 bits per heavy atom. The van der Waals surface area contributed by atoms with Crippen LogP contribution in [0.2, 0.25) is 0 Å². The fourth-order valence-electron chi connectivity index (χ4n) is 1.29. The molecule has 0 atom stereocenters. The highest BCUT2D eigenvalue weighted by Crippen LogP contribution is 1.96. The number of imidazole rings is 1. The highest BCUT2D eigenvalue weighted by Gasteiger charge is 2.02. The number of carbonyl (C=O) groups is 1. The molecule has 0 saturated heterocycles. The third-order valence-electron chi connectivity index (χ3n) is 2.16. The van der Waals surface area contributed by atoms with Gasteiger partial charge < -0.3 is 14.6 Å². The van der Waals surface area contributed by atoms with Crippen molar-refractivity contribution in [2.75, 3.05) is 13.7 Å². The van der Waals surface area contributed by atoms with Gasteiger partial charge in [0.15, 0.2) is 0 Å². The zero-order valence-corrected chi connectivity index (χ0v) is 9.19. The predicted molar refractivity (Wildman–Crippen MR) is 56.2 cm³/mol. The van der Waals surface area contributed by atoms with E-state index >= 15 is 0 Å². The van der Waals surface area contributed by atoms with Crippen molar-refractivity contribution in [1.29, 1.82) is 0 Å². The van der Waals surface area contributed by atoms with Crippen LogP contribution in [0.5, 0.6) is 0 Å². The van der Waals surface area contributed by atoms with Gasteiger partial charge in [0.25, 0.3) is 0 Å². The Balaban J connectivity index is 2.23. The molecule has 0 bridgehead atoms. The standard InChI is InChI=1S/C10H17N3O2/c1-3-13-7-6-12-9(13)8-11-5-4-10(14)15-2/h6-7,11H,3-5,8H2,1-2H3. The van der Waals surface area contributed by atoms with Gasteiger partial charge in [0.1, 0.15) is 5.82 Å². The third-order valence-corrected chi connectivity index (χ3v) is 2.16. The van der Waals surface area contributed by atoms with Crippen LogP contribution < -0.4 is 5.32 Å². The van der Waals surface area contributed by atoms with Crippen LogP contribution in [0.3, 0.4) is 0 Å². The molecule has 0 saturated carbocycles. The number of aromatic nitrogens is 2. The monoisotopic (exact) mass is 211 g/mol. The van der Waals surface area contributed by atoms with Crippen LogP contribution in [-0.2, 0) is 22.6 Å². The lowest BCUT2D eigenvalue weighted by Gasteiger charge is -2.05. The molecule has 84 valence electrons. The van der Waals surface area contributed by atoms with Crippen molar-refractivity contribution >= 4 is 5.97 Å². The molecule has 1 heterocycles. The summed E-state index contributed by atoms with van der Waals surface area (Å²) in [4.78, 5) is 15.0. The van der Waals surface area contributed by atoms with Gasteiger partial charge in [-0.25, -0.2) is 4.98 Å². The van der Waals surface area contributed by atoms with E-state index in [4.69, 9.17) is 0 Å². The first kappa shape index (κ1) is 11.7. The normalized spacial score (nSPS) is 10.3. The van der Waals surface area contributed by atoms with Crippen molar-refractivity contribution < 1.29 is 9.53 Å². The molecule has 1 rings (SSSR count). The average molecular weight is 211 g/mol. The highest BCUT2D eigenvalue weighted by atomic mass is 16.5. The summed E-state index contributed by atoms with van der Waals surface area (Å²) in [6.07, 6.45) is 4.11. The lowest BCUT2D eigenvalue weighted by molar-refractivity contribution is -0.140. The fourth-order valence-corrected chi connectivity index (χ4v) is 1.29. The van der Waals surface area contributed by atoms with Gasteiger partial charge >= 0.3 is 5.97 Å². The summed E-state index contributed by atoms with van der Waals surface area (Å²) in [6, 6.07) is 0. The Kier molecular flexibility index (Phi) is 4.83. The Labute approximate surface area is 89.4 Å². The molecule has 0 amide bonds. The quantitative estimate of drug-likeness (QED) is 0.551. The van der Waals surface area contributed by atoms with Crippen LogP contribution in [0, 0.1) is 0 Å². The summed E-state index contributed by atoms with van der Waals surface area (Å²) in [5.41, 5.74) is 0. The van der Waals surface area contributed by atoms with Crippen molar-refractivity contribution in [3.63, 3.8) is 0 Å². The van der Waals surface area contributed by atoms with E-state index in [1.807, 2.05) is 6.20 Å². The first-order chi connectivity index (χ1) is 7.27. The van der Waals surface area contributed by atoms with Crippen LogP contribution in [0.25, 0.3) is 0 Å². The second kappa shape index (κ2) is 6.19. The van der Waals surface area contributed by atoms with E-state index < -0.39 is 0 Å². The van der Waals surface area contributed by atoms with Crippen LogP contribution in [-0.4, -0.2) is 29.2 Å². The molecule has 0 aromatic carbocycles. The molecule has 0 spiro atoms. The molecular weight excluding hydrogens is 194 g/mol. The number of hydrogen-bond donors (Lipinski definition) is 1. The maximum atomic E-state index is 10.8. The van der Waals surface area contributed by atoms with Crippen molar-refractivity contribution in [1.82, 2.24) is 14.9 Å². The SMILES string of the molecule is CCn1ccnc1CNCCC(=O)OC. The number of ether oxygens (including phenoxy) is 1. The number of nitrogens with one attached hydrogen (secondary N) is 1. The molecule has 5 nitrogen and oxygen atoms in total. The Bertz CT molecular complexity index is 309. The van der Waals surface area contributed by atoms with E-state index in [0.717, 1.165) is 12.4 Å². The fraction of sp³-hybridized carbons (Fsp3) is 0.600. The number of aryl methyl sites for hydroxylation is 1. The Morgan fingerprint density at radius 1 is 1.67 bits per heavy atom. The van der Waals surface area contributed by atoms with Crippen molar-refractivity contribution in [3.8, 4) is 0 Å². The molecule has 1 aromatic rings. The van der Waals surface area contributed by atoms with Gasteiger partial charge in [-0.3, -0.25) is 4.79 Å². The van der Waals surface area contributed by atoms with E-state index in [1.54, 1.807) is 6.20 Å². The number of carbonyl (C=O) groups excluding carboxylic acids is 1.